The van der Waals surface area contributed by atoms with Gasteiger partial charge in [0.05, 0.1) is 0 Å². The average Bonchev–Trinajstić information content (AvgIpc) is 1.84. The number of carbonyl (C=O) groups is 1. The zero-order valence-electron chi connectivity index (χ0n) is 6.96. The summed E-state index contributed by atoms with van der Waals surface area (Å²) in [4.78, 5) is 12.4. The number of rotatable bonds is 2. The average molecular weight is 145 g/mol. The van der Waals surface area contributed by atoms with E-state index in [9.17, 15) is 9.90 Å². The van der Waals surface area contributed by atoms with Crippen molar-refractivity contribution in [1.29, 1.82) is 0 Å². The molecule has 10 heavy (non-hydrogen) atoms. The van der Waals surface area contributed by atoms with Gasteiger partial charge in [-0.2, -0.15) is 0 Å². The highest BCUT2D eigenvalue weighted by Gasteiger charge is 2.19. The molecule has 0 saturated carbocycles. The van der Waals surface area contributed by atoms with Crippen molar-refractivity contribution in [2.24, 2.45) is 5.92 Å². The maximum atomic E-state index is 11.0. The minimum Gasteiger partial charge on any atom is -0.383 e. The Hall–Kier alpha value is -0.570. The van der Waals surface area contributed by atoms with Gasteiger partial charge in [0, 0.05) is 14.1 Å². The molecule has 1 N–H and O–H groups in total. The molecule has 0 aliphatic rings. The molecular formula is C7H15NO2. The summed E-state index contributed by atoms with van der Waals surface area (Å²) in [5.41, 5.74) is 0. The fraction of sp³-hybridized carbons (Fsp3) is 0.857. The summed E-state index contributed by atoms with van der Waals surface area (Å²) >= 11 is 0. The Kier molecular flexibility index (Phi) is 3.36. The van der Waals surface area contributed by atoms with Crippen LogP contribution in [0.1, 0.15) is 13.8 Å². The van der Waals surface area contributed by atoms with Crippen molar-refractivity contribution in [3.63, 3.8) is 0 Å². The molecule has 60 valence electrons. The maximum Gasteiger partial charge on any atom is 0.251 e. The van der Waals surface area contributed by atoms with Gasteiger partial charge >= 0.3 is 0 Å². The quantitative estimate of drug-likeness (QED) is 0.598. The standard InChI is InChI=1S/C7H15NO2/c1-5(2)6(9)7(10)8(3)4/h5-6,9H,1-4H3/t6-/m0/s1. The first-order valence-corrected chi connectivity index (χ1v) is 3.36. The molecule has 0 fully saturated rings. The van der Waals surface area contributed by atoms with Crippen LogP contribution < -0.4 is 0 Å². The molecule has 0 aliphatic carbocycles. The van der Waals surface area contributed by atoms with E-state index in [4.69, 9.17) is 0 Å². The number of aliphatic hydroxyl groups excluding tert-OH is 1. The van der Waals surface area contributed by atoms with Crippen LogP contribution in [0.25, 0.3) is 0 Å². The van der Waals surface area contributed by atoms with E-state index < -0.39 is 6.10 Å². The molecule has 3 nitrogen and oxygen atoms in total. The number of hydrogen-bond donors (Lipinski definition) is 1. The van der Waals surface area contributed by atoms with Crippen molar-refractivity contribution in [1.82, 2.24) is 4.90 Å². The Morgan fingerprint density at radius 1 is 1.40 bits per heavy atom. The van der Waals surface area contributed by atoms with Gasteiger partial charge in [-0.25, -0.2) is 0 Å². The van der Waals surface area contributed by atoms with Crippen molar-refractivity contribution >= 4 is 5.91 Å². The summed E-state index contributed by atoms with van der Waals surface area (Å²) in [6, 6.07) is 0. The van der Waals surface area contributed by atoms with Gasteiger partial charge in [-0.05, 0) is 5.92 Å². The van der Waals surface area contributed by atoms with Crippen molar-refractivity contribution < 1.29 is 9.90 Å². The van der Waals surface area contributed by atoms with E-state index in [-0.39, 0.29) is 11.8 Å². The second-order valence-corrected chi connectivity index (χ2v) is 2.92. The lowest BCUT2D eigenvalue weighted by Gasteiger charge is -2.18. The summed E-state index contributed by atoms with van der Waals surface area (Å²) in [6.07, 6.45) is -0.852. The molecule has 0 aromatic rings. The number of carbonyl (C=O) groups excluding carboxylic acids is 1. The monoisotopic (exact) mass is 145 g/mol. The van der Waals surface area contributed by atoms with Crippen molar-refractivity contribution in [3.8, 4) is 0 Å². The number of aliphatic hydroxyl groups is 1. The van der Waals surface area contributed by atoms with E-state index in [1.807, 2.05) is 13.8 Å². The summed E-state index contributed by atoms with van der Waals surface area (Å²) in [5.74, 6) is -0.232. The lowest BCUT2D eigenvalue weighted by Crippen LogP contribution is -2.36. The Bertz CT molecular complexity index is 121. The van der Waals surface area contributed by atoms with Crippen LogP contribution in [0.15, 0.2) is 0 Å². The minimum atomic E-state index is -0.852. The van der Waals surface area contributed by atoms with Gasteiger partial charge in [-0.1, -0.05) is 13.8 Å². The van der Waals surface area contributed by atoms with Gasteiger partial charge in [0.1, 0.15) is 6.10 Å². The highest BCUT2D eigenvalue weighted by molar-refractivity contribution is 5.80. The first-order chi connectivity index (χ1) is 4.46. The predicted octanol–water partition coefficient (Wildman–Crippen LogP) is 0.0915. The molecular weight excluding hydrogens is 130 g/mol. The van der Waals surface area contributed by atoms with Crippen LogP contribution in [-0.2, 0) is 4.79 Å². The van der Waals surface area contributed by atoms with Crippen LogP contribution in [0.4, 0.5) is 0 Å². The van der Waals surface area contributed by atoms with Crippen molar-refractivity contribution in [3.05, 3.63) is 0 Å². The van der Waals surface area contributed by atoms with Gasteiger partial charge in [-0.3, -0.25) is 4.79 Å². The van der Waals surface area contributed by atoms with Crippen LogP contribution >= 0.6 is 0 Å². The highest BCUT2D eigenvalue weighted by atomic mass is 16.3. The lowest BCUT2D eigenvalue weighted by molar-refractivity contribution is -0.139. The molecule has 0 rings (SSSR count). The van der Waals surface area contributed by atoms with E-state index in [1.165, 1.54) is 4.90 Å². The topological polar surface area (TPSA) is 40.5 Å². The second kappa shape index (κ2) is 3.56. The Morgan fingerprint density at radius 3 is 1.90 bits per heavy atom. The Balaban J connectivity index is 3.95. The largest absolute Gasteiger partial charge is 0.383 e. The van der Waals surface area contributed by atoms with Crippen LogP contribution in [-0.4, -0.2) is 36.1 Å². The third kappa shape index (κ3) is 2.35. The van der Waals surface area contributed by atoms with Gasteiger partial charge in [0.15, 0.2) is 0 Å². The van der Waals surface area contributed by atoms with Crippen LogP contribution in [0.3, 0.4) is 0 Å². The third-order valence-electron chi connectivity index (χ3n) is 1.33. The highest BCUT2D eigenvalue weighted by Crippen LogP contribution is 2.02. The van der Waals surface area contributed by atoms with Gasteiger partial charge < -0.3 is 10.0 Å². The number of nitrogens with zero attached hydrogens (tertiary/aromatic N) is 1. The lowest BCUT2D eigenvalue weighted by atomic mass is 10.1. The zero-order valence-corrected chi connectivity index (χ0v) is 6.96. The summed E-state index contributed by atoms with van der Waals surface area (Å²) in [7, 11) is 3.27. The van der Waals surface area contributed by atoms with Gasteiger partial charge in [0.25, 0.3) is 5.91 Å². The van der Waals surface area contributed by atoms with E-state index in [0.717, 1.165) is 0 Å². The molecule has 0 radical (unpaired) electrons. The first-order valence-electron chi connectivity index (χ1n) is 3.36. The molecule has 0 spiro atoms. The van der Waals surface area contributed by atoms with Gasteiger partial charge in [0.2, 0.25) is 0 Å². The van der Waals surface area contributed by atoms with E-state index in [0.29, 0.717) is 0 Å². The molecule has 1 atom stereocenters. The Labute approximate surface area is 61.6 Å². The smallest absolute Gasteiger partial charge is 0.251 e. The predicted molar refractivity (Wildman–Crippen MR) is 39.5 cm³/mol. The van der Waals surface area contributed by atoms with E-state index >= 15 is 0 Å². The van der Waals surface area contributed by atoms with Crippen LogP contribution in [0, 0.1) is 5.92 Å². The normalized spacial score (nSPS) is 13.4. The summed E-state index contributed by atoms with van der Waals surface area (Å²) in [5, 5.41) is 9.17. The van der Waals surface area contributed by atoms with Crippen LogP contribution in [0.5, 0.6) is 0 Å². The molecule has 0 aromatic carbocycles. The SMILES string of the molecule is CC(C)[C@H](O)C(=O)N(C)C. The minimum absolute atomic E-state index is 0.00472. The Morgan fingerprint density at radius 2 is 1.80 bits per heavy atom. The fourth-order valence-electron chi connectivity index (χ4n) is 0.550. The first kappa shape index (κ1) is 9.43. The van der Waals surface area contributed by atoms with Crippen molar-refractivity contribution in [2.45, 2.75) is 20.0 Å². The molecule has 0 heterocycles. The molecule has 3 heteroatoms. The van der Waals surface area contributed by atoms with Crippen molar-refractivity contribution in [2.75, 3.05) is 14.1 Å². The van der Waals surface area contributed by atoms with Crippen LogP contribution in [0.2, 0.25) is 0 Å². The summed E-state index contributed by atoms with van der Waals surface area (Å²) < 4.78 is 0. The molecule has 0 unspecified atom stereocenters. The van der Waals surface area contributed by atoms with Gasteiger partial charge in [-0.15, -0.1) is 0 Å². The van der Waals surface area contributed by atoms with E-state index in [1.54, 1.807) is 14.1 Å². The molecule has 0 aromatic heterocycles. The second-order valence-electron chi connectivity index (χ2n) is 2.92. The number of hydrogen-bond acceptors (Lipinski definition) is 2. The molecule has 0 aliphatic heterocycles. The number of likely N-dealkylation sites (N-methyl/N-ethyl adjacent to an activating group) is 1. The van der Waals surface area contributed by atoms with E-state index in [2.05, 4.69) is 0 Å². The fourth-order valence-corrected chi connectivity index (χ4v) is 0.550. The molecule has 0 saturated heterocycles. The molecule has 0 bridgehead atoms. The third-order valence-corrected chi connectivity index (χ3v) is 1.33. The summed E-state index contributed by atoms with van der Waals surface area (Å²) in [6.45, 7) is 3.62. The molecule has 1 amide bonds. The number of amides is 1. The zero-order chi connectivity index (χ0) is 8.31. The maximum absolute atomic E-state index is 11.0.